The van der Waals surface area contributed by atoms with Crippen LogP contribution in [0.15, 0.2) is 59.3 Å². The van der Waals surface area contributed by atoms with Gasteiger partial charge in [0.25, 0.3) is 5.91 Å². The van der Waals surface area contributed by atoms with E-state index in [2.05, 4.69) is 10.5 Å². The molecule has 1 heterocycles. The summed E-state index contributed by atoms with van der Waals surface area (Å²) in [5.41, 5.74) is 4.12. The molecule has 0 saturated heterocycles. The van der Waals surface area contributed by atoms with Crippen molar-refractivity contribution in [3.05, 3.63) is 71.4 Å². The van der Waals surface area contributed by atoms with Gasteiger partial charge in [0.1, 0.15) is 5.56 Å². The molecule has 2 aromatic carbocycles. The first-order valence-electron chi connectivity index (χ1n) is 7.04. The van der Waals surface area contributed by atoms with Gasteiger partial charge in [-0.3, -0.25) is 4.79 Å². The molecule has 1 amide bonds. The second-order valence-corrected chi connectivity index (χ2v) is 5.16. The Hall–Kier alpha value is -2.88. The van der Waals surface area contributed by atoms with Crippen molar-refractivity contribution in [2.24, 2.45) is 0 Å². The van der Waals surface area contributed by atoms with E-state index in [0.29, 0.717) is 11.3 Å². The summed E-state index contributed by atoms with van der Waals surface area (Å²) in [6.07, 6.45) is 1.45. The number of benzene rings is 2. The lowest BCUT2D eigenvalue weighted by molar-refractivity contribution is 0.102. The van der Waals surface area contributed by atoms with Gasteiger partial charge in [-0.2, -0.15) is 0 Å². The first-order chi connectivity index (χ1) is 10.7. The van der Waals surface area contributed by atoms with E-state index < -0.39 is 0 Å². The fourth-order valence-electron chi connectivity index (χ4n) is 2.39. The number of nitrogens with zero attached hydrogens (tertiary/aromatic N) is 1. The minimum absolute atomic E-state index is 0.225. The Morgan fingerprint density at radius 2 is 1.68 bits per heavy atom. The van der Waals surface area contributed by atoms with Crippen molar-refractivity contribution in [1.82, 2.24) is 5.16 Å². The molecule has 0 atom stereocenters. The maximum Gasteiger partial charge on any atom is 0.261 e. The molecule has 0 aliphatic heterocycles. The van der Waals surface area contributed by atoms with Gasteiger partial charge >= 0.3 is 0 Å². The summed E-state index contributed by atoms with van der Waals surface area (Å²) in [6.45, 7) is 3.93. The number of rotatable bonds is 3. The highest BCUT2D eigenvalue weighted by atomic mass is 16.5. The average Bonchev–Trinajstić information content (AvgIpc) is 3.01. The van der Waals surface area contributed by atoms with E-state index in [0.717, 1.165) is 22.4 Å². The maximum atomic E-state index is 12.6. The zero-order valence-corrected chi connectivity index (χ0v) is 12.5. The van der Waals surface area contributed by atoms with Crippen LogP contribution in [0.3, 0.4) is 0 Å². The summed E-state index contributed by atoms with van der Waals surface area (Å²) in [6, 6.07) is 15.4. The number of hydrogen-bond donors (Lipinski definition) is 1. The monoisotopic (exact) mass is 292 g/mol. The van der Waals surface area contributed by atoms with Crippen LogP contribution >= 0.6 is 0 Å². The van der Waals surface area contributed by atoms with Crippen LogP contribution in [0, 0.1) is 13.8 Å². The van der Waals surface area contributed by atoms with Crippen LogP contribution in [0.4, 0.5) is 5.69 Å². The molecular formula is C18H16N2O2. The molecule has 0 unspecified atom stereocenters. The minimum Gasteiger partial charge on any atom is -0.355 e. The van der Waals surface area contributed by atoms with Crippen molar-refractivity contribution in [3.63, 3.8) is 0 Å². The van der Waals surface area contributed by atoms with Gasteiger partial charge in [0.15, 0.2) is 5.76 Å². The molecular weight excluding hydrogens is 276 g/mol. The first kappa shape index (κ1) is 14.1. The van der Waals surface area contributed by atoms with Gasteiger partial charge in [0.2, 0.25) is 0 Å². The van der Waals surface area contributed by atoms with Crippen LogP contribution < -0.4 is 5.32 Å². The van der Waals surface area contributed by atoms with Crippen molar-refractivity contribution in [1.29, 1.82) is 0 Å². The van der Waals surface area contributed by atoms with Crippen LogP contribution in [0.5, 0.6) is 0 Å². The second-order valence-electron chi connectivity index (χ2n) is 5.16. The molecule has 0 bridgehead atoms. The standard InChI is InChI=1S/C18H16N2O2/c1-12-7-6-8-13(2)16(12)20-18(21)15-11-19-22-17(15)14-9-4-3-5-10-14/h3-11H,1-2H3,(H,20,21). The number of nitrogens with one attached hydrogen (secondary N) is 1. The van der Waals surface area contributed by atoms with Crippen molar-refractivity contribution < 1.29 is 9.32 Å². The SMILES string of the molecule is Cc1cccc(C)c1NC(=O)c1cnoc1-c1ccccc1. The molecule has 0 aliphatic rings. The van der Waals surface area contributed by atoms with Crippen LogP contribution in [0.2, 0.25) is 0 Å². The minimum atomic E-state index is -0.225. The molecule has 0 spiro atoms. The molecule has 0 saturated carbocycles. The summed E-state index contributed by atoms with van der Waals surface area (Å²) < 4.78 is 5.26. The third kappa shape index (κ3) is 2.63. The Morgan fingerprint density at radius 3 is 2.36 bits per heavy atom. The molecule has 4 nitrogen and oxygen atoms in total. The van der Waals surface area contributed by atoms with Crippen LogP contribution in [-0.4, -0.2) is 11.1 Å². The maximum absolute atomic E-state index is 12.6. The fraction of sp³-hybridized carbons (Fsp3) is 0.111. The van der Waals surface area contributed by atoms with Crippen LogP contribution in [0.25, 0.3) is 11.3 Å². The lowest BCUT2D eigenvalue weighted by Gasteiger charge is -2.11. The van der Waals surface area contributed by atoms with Gasteiger partial charge in [0.05, 0.1) is 6.20 Å². The topological polar surface area (TPSA) is 55.1 Å². The molecule has 3 aromatic rings. The van der Waals surface area contributed by atoms with Crippen LogP contribution in [0.1, 0.15) is 21.5 Å². The third-order valence-electron chi connectivity index (χ3n) is 3.57. The van der Waals surface area contributed by atoms with E-state index in [-0.39, 0.29) is 5.91 Å². The van der Waals surface area contributed by atoms with Crippen molar-refractivity contribution >= 4 is 11.6 Å². The zero-order valence-electron chi connectivity index (χ0n) is 12.5. The smallest absolute Gasteiger partial charge is 0.261 e. The number of aromatic nitrogens is 1. The normalized spacial score (nSPS) is 10.5. The Bertz CT molecular complexity index is 787. The number of amides is 1. The van der Waals surface area contributed by atoms with Crippen molar-refractivity contribution in [2.75, 3.05) is 5.32 Å². The molecule has 0 radical (unpaired) electrons. The van der Waals surface area contributed by atoms with E-state index in [4.69, 9.17) is 4.52 Å². The Morgan fingerprint density at radius 1 is 1.00 bits per heavy atom. The number of carbonyl (C=O) groups excluding carboxylic acids is 1. The molecule has 1 N–H and O–H groups in total. The predicted molar refractivity (Wildman–Crippen MR) is 85.8 cm³/mol. The summed E-state index contributed by atoms with van der Waals surface area (Å²) >= 11 is 0. The molecule has 22 heavy (non-hydrogen) atoms. The fourth-order valence-corrected chi connectivity index (χ4v) is 2.39. The third-order valence-corrected chi connectivity index (χ3v) is 3.57. The number of carbonyl (C=O) groups is 1. The van der Waals surface area contributed by atoms with E-state index in [1.54, 1.807) is 0 Å². The van der Waals surface area contributed by atoms with E-state index in [9.17, 15) is 4.79 Å². The summed E-state index contributed by atoms with van der Waals surface area (Å²) in [5.74, 6) is 0.252. The van der Waals surface area contributed by atoms with Gasteiger partial charge in [-0.05, 0) is 25.0 Å². The number of para-hydroxylation sites is 1. The van der Waals surface area contributed by atoms with Gasteiger partial charge in [-0.1, -0.05) is 53.7 Å². The van der Waals surface area contributed by atoms with Crippen molar-refractivity contribution in [2.45, 2.75) is 13.8 Å². The van der Waals surface area contributed by atoms with Crippen molar-refractivity contribution in [3.8, 4) is 11.3 Å². The molecule has 4 heteroatoms. The molecule has 1 aromatic heterocycles. The highest BCUT2D eigenvalue weighted by Gasteiger charge is 2.18. The Labute approximate surface area is 128 Å². The Kier molecular flexibility index (Phi) is 3.74. The highest BCUT2D eigenvalue weighted by Crippen LogP contribution is 2.25. The van der Waals surface area contributed by atoms with Gasteiger partial charge < -0.3 is 9.84 Å². The summed E-state index contributed by atoms with van der Waals surface area (Å²) in [4.78, 5) is 12.6. The first-order valence-corrected chi connectivity index (χ1v) is 7.04. The number of hydrogen-bond acceptors (Lipinski definition) is 3. The number of anilines is 1. The highest BCUT2D eigenvalue weighted by molar-refractivity contribution is 6.08. The van der Waals surface area contributed by atoms with Crippen LogP contribution in [-0.2, 0) is 0 Å². The summed E-state index contributed by atoms with van der Waals surface area (Å²) in [5, 5.41) is 6.72. The van der Waals surface area contributed by atoms with Gasteiger partial charge in [-0.25, -0.2) is 0 Å². The van der Waals surface area contributed by atoms with E-state index >= 15 is 0 Å². The lowest BCUT2D eigenvalue weighted by Crippen LogP contribution is -2.14. The van der Waals surface area contributed by atoms with Gasteiger partial charge in [0, 0.05) is 11.3 Å². The molecule has 0 aliphatic carbocycles. The number of aryl methyl sites for hydroxylation is 2. The summed E-state index contributed by atoms with van der Waals surface area (Å²) in [7, 11) is 0. The largest absolute Gasteiger partial charge is 0.355 e. The second kappa shape index (κ2) is 5.85. The zero-order chi connectivity index (χ0) is 15.5. The molecule has 0 fully saturated rings. The van der Waals surface area contributed by atoms with Gasteiger partial charge in [-0.15, -0.1) is 0 Å². The Balaban J connectivity index is 1.93. The average molecular weight is 292 g/mol. The van der Waals surface area contributed by atoms with E-state index in [1.165, 1.54) is 6.20 Å². The van der Waals surface area contributed by atoms with E-state index in [1.807, 2.05) is 62.4 Å². The lowest BCUT2D eigenvalue weighted by atomic mass is 10.1. The quantitative estimate of drug-likeness (QED) is 0.786. The predicted octanol–water partition coefficient (Wildman–Crippen LogP) is 4.21. The molecule has 110 valence electrons. The molecule has 3 rings (SSSR count).